The number of imidazole rings is 1. The number of rotatable bonds is 2. The number of aromatic carboxylic acids is 1. The Morgan fingerprint density at radius 1 is 1.35 bits per heavy atom. The minimum Gasteiger partial charge on any atom is -0.476 e. The van der Waals surface area contributed by atoms with Crippen molar-refractivity contribution in [3.05, 3.63) is 35.2 Å². The maximum atomic E-state index is 12.5. The standard InChI is InChI=1S/C10H5F3N4O2S/c11-10(12,13)5-1-2-17(15-5)7-6(8(18)19)16-3-4-20-9(16)14-7/h1-4H,(H,18,19). The van der Waals surface area contributed by atoms with Crippen molar-refractivity contribution < 1.29 is 23.1 Å². The summed E-state index contributed by atoms with van der Waals surface area (Å²) < 4.78 is 39.6. The number of alkyl halides is 3. The third-order valence-corrected chi connectivity index (χ3v) is 3.30. The minimum absolute atomic E-state index is 0.153. The fourth-order valence-corrected chi connectivity index (χ4v) is 2.44. The molecular formula is C10H5F3N4O2S. The van der Waals surface area contributed by atoms with E-state index >= 15 is 0 Å². The van der Waals surface area contributed by atoms with Gasteiger partial charge in [0.1, 0.15) is 0 Å². The van der Waals surface area contributed by atoms with E-state index in [1.165, 1.54) is 21.9 Å². The summed E-state index contributed by atoms with van der Waals surface area (Å²) in [5, 5.41) is 14.1. The molecule has 0 aliphatic carbocycles. The highest BCUT2D eigenvalue weighted by Crippen LogP contribution is 2.28. The predicted octanol–water partition coefficient (Wildman–Crippen LogP) is 2.30. The summed E-state index contributed by atoms with van der Waals surface area (Å²) in [6.45, 7) is 0. The molecule has 0 aromatic carbocycles. The Balaban J connectivity index is 2.19. The van der Waals surface area contributed by atoms with Gasteiger partial charge in [-0.3, -0.25) is 4.40 Å². The normalized spacial score (nSPS) is 12.2. The molecule has 0 aliphatic heterocycles. The van der Waals surface area contributed by atoms with Gasteiger partial charge in [0.15, 0.2) is 22.2 Å². The molecule has 3 heterocycles. The zero-order valence-electron chi connectivity index (χ0n) is 9.50. The van der Waals surface area contributed by atoms with Crippen LogP contribution < -0.4 is 0 Å². The highest BCUT2D eigenvalue weighted by molar-refractivity contribution is 7.15. The molecule has 3 rings (SSSR count). The number of fused-ring (bicyclic) bond motifs is 1. The van der Waals surface area contributed by atoms with Crippen LogP contribution in [0.15, 0.2) is 23.8 Å². The summed E-state index contributed by atoms with van der Waals surface area (Å²) in [7, 11) is 0. The van der Waals surface area contributed by atoms with E-state index in [1.807, 2.05) is 0 Å². The minimum atomic E-state index is -4.59. The summed E-state index contributed by atoms with van der Waals surface area (Å²) in [5.74, 6) is -1.45. The van der Waals surface area contributed by atoms with Crippen LogP contribution >= 0.6 is 11.3 Å². The summed E-state index contributed by atoms with van der Waals surface area (Å²) in [6.07, 6.45) is -2.08. The van der Waals surface area contributed by atoms with Gasteiger partial charge in [-0.05, 0) is 6.07 Å². The van der Waals surface area contributed by atoms with Crippen LogP contribution in [0.25, 0.3) is 10.8 Å². The topological polar surface area (TPSA) is 72.4 Å². The van der Waals surface area contributed by atoms with Gasteiger partial charge in [0.2, 0.25) is 0 Å². The van der Waals surface area contributed by atoms with Crippen LogP contribution in [0.3, 0.4) is 0 Å². The number of aromatic nitrogens is 4. The molecule has 0 bridgehead atoms. The monoisotopic (exact) mass is 302 g/mol. The van der Waals surface area contributed by atoms with Crippen LogP contribution in [0.2, 0.25) is 0 Å². The van der Waals surface area contributed by atoms with Crippen molar-refractivity contribution in [2.24, 2.45) is 0 Å². The number of halogens is 3. The first-order valence-corrected chi connectivity index (χ1v) is 6.08. The molecule has 20 heavy (non-hydrogen) atoms. The smallest absolute Gasteiger partial charge is 0.435 e. The molecule has 1 N–H and O–H groups in total. The van der Waals surface area contributed by atoms with Crippen LogP contribution in [0.1, 0.15) is 16.2 Å². The Morgan fingerprint density at radius 2 is 2.10 bits per heavy atom. The zero-order valence-corrected chi connectivity index (χ0v) is 10.3. The van der Waals surface area contributed by atoms with E-state index in [2.05, 4.69) is 10.1 Å². The van der Waals surface area contributed by atoms with E-state index in [-0.39, 0.29) is 11.5 Å². The first-order chi connectivity index (χ1) is 9.38. The van der Waals surface area contributed by atoms with Crippen molar-refractivity contribution in [3.63, 3.8) is 0 Å². The van der Waals surface area contributed by atoms with E-state index in [1.54, 1.807) is 5.38 Å². The van der Waals surface area contributed by atoms with E-state index < -0.39 is 17.8 Å². The lowest BCUT2D eigenvalue weighted by atomic mass is 10.4. The maximum absolute atomic E-state index is 12.5. The Bertz CT molecular complexity index is 801. The second kappa shape index (κ2) is 4.07. The summed E-state index contributed by atoms with van der Waals surface area (Å²) in [4.78, 5) is 15.6. The lowest BCUT2D eigenvalue weighted by molar-refractivity contribution is -0.141. The molecule has 0 aliphatic rings. The van der Waals surface area contributed by atoms with Gasteiger partial charge in [0, 0.05) is 17.8 Å². The van der Waals surface area contributed by atoms with Crippen molar-refractivity contribution >= 4 is 22.3 Å². The second-order valence-electron chi connectivity index (χ2n) is 3.79. The molecule has 104 valence electrons. The average molecular weight is 302 g/mol. The molecular weight excluding hydrogens is 297 g/mol. The van der Waals surface area contributed by atoms with Crippen LogP contribution in [-0.2, 0) is 6.18 Å². The molecule has 0 saturated carbocycles. The quantitative estimate of drug-likeness (QED) is 0.788. The number of carboxylic acids is 1. The van der Waals surface area contributed by atoms with Gasteiger partial charge in [-0.25, -0.2) is 9.48 Å². The van der Waals surface area contributed by atoms with Gasteiger partial charge in [-0.15, -0.1) is 11.3 Å². The second-order valence-corrected chi connectivity index (χ2v) is 4.66. The third-order valence-electron chi connectivity index (χ3n) is 2.54. The molecule has 10 heteroatoms. The summed E-state index contributed by atoms with van der Waals surface area (Å²) in [5.41, 5.74) is -1.34. The largest absolute Gasteiger partial charge is 0.476 e. The van der Waals surface area contributed by atoms with Crippen molar-refractivity contribution in [3.8, 4) is 5.82 Å². The van der Waals surface area contributed by atoms with Gasteiger partial charge in [0.25, 0.3) is 0 Å². The van der Waals surface area contributed by atoms with Gasteiger partial charge in [-0.1, -0.05) is 0 Å². The van der Waals surface area contributed by atoms with Crippen LogP contribution in [0.4, 0.5) is 13.2 Å². The molecule has 0 saturated heterocycles. The van der Waals surface area contributed by atoms with E-state index in [0.29, 0.717) is 4.96 Å². The van der Waals surface area contributed by atoms with Gasteiger partial charge in [0.05, 0.1) is 0 Å². The molecule has 0 atom stereocenters. The van der Waals surface area contributed by atoms with Gasteiger partial charge < -0.3 is 5.11 Å². The molecule has 0 fully saturated rings. The number of thiazole rings is 1. The fraction of sp³-hybridized carbons (Fsp3) is 0.100. The first-order valence-electron chi connectivity index (χ1n) is 5.20. The molecule has 0 spiro atoms. The van der Waals surface area contributed by atoms with Crippen LogP contribution in [-0.4, -0.2) is 30.2 Å². The lowest BCUT2D eigenvalue weighted by Gasteiger charge is -2.01. The molecule has 3 aromatic heterocycles. The average Bonchev–Trinajstić information content (AvgIpc) is 3.01. The first kappa shape index (κ1) is 12.7. The maximum Gasteiger partial charge on any atom is 0.435 e. The highest BCUT2D eigenvalue weighted by Gasteiger charge is 2.34. The Kier molecular flexibility index (Phi) is 2.57. The molecule has 0 amide bonds. The van der Waals surface area contributed by atoms with E-state index in [9.17, 15) is 23.1 Å². The molecule has 0 radical (unpaired) electrons. The van der Waals surface area contributed by atoms with Crippen LogP contribution in [0.5, 0.6) is 0 Å². The number of carbonyl (C=O) groups is 1. The number of hydrogen-bond acceptors (Lipinski definition) is 4. The Hall–Kier alpha value is -2.36. The number of hydrogen-bond donors (Lipinski definition) is 1. The highest BCUT2D eigenvalue weighted by atomic mass is 32.1. The SMILES string of the molecule is O=C(O)c1c(-n2ccc(C(F)(F)F)n2)nc2sccn12. The Labute approximate surface area is 112 Å². The lowest BCUT2D eigenvalue weighted by Crippen LogP contribution is -2.10. The van der Waals surface area contributed by atoms with Crippen molar-refractivity contribution in [1.29, 1.82) is 0 Å². The van der Waals surface area contributed by atoms with Gasteiger partial charge >= 0.3 is 12.1 Å². The number of carboxylic acid groups (broad SMARTS) is 1. The van der Waals surface area contributed by atoms with E-state index in [4.69, 9.17) is 0 Å². The molecule has 6 nitrogen and oxygen atoms in total. The molecule has 0 unspecified atom stereocenters. The van der Waals surface area contributed by atoms with Crippen molar-refractivity contribution in [2.45, 2.75) is 6.18 Å². The van der Waals surface area contributed by atoms with E-state index in [0.717, 1.165) is 16.9 Å². The number of nitrogens with zero attached hydrogens (tertiary/aromatic N) is 4. The zero-order chi connectivity index (χ0) is 14.5. The molecule has 3 aromatic rings. The Morgan fingerprint density at radius 3 is 2.70 bits per heavy atom. The third kappa shape index (κ3) is 1.84. The van der Waals surface area contributed by atoms with Crippen molar-refractivity contribution in [1.82, 2.24) is 19.2 Å². The predicted molar refractivity (Wildman–Crippen MR) is 62.2 cm³/mol. The van der Waals surface area contributed by atoms with Crippen LogP contribution in [0, 0.1) is 0 Å². The van der Waals surface area contributed by atoms with Crippen molar-refractivity contribution in [2.75, 3.05) is 0 Å². The fourth-order valence-electron chi connectivity index (χ4n) is 1.73. The summed E-state index contributed by atoms with van der Waals surface area (Å²) >= 11 is 1.17. The summed E-state index contributed by atoms with van der Waals surface area (Å²) in [6, 6.07) is 0.763. The van der Waals surface area contributed by atoms with Gasteiger partial charge in [-0.2, -0.15) is 23.3 Å².